The van der Waals surface area contributed by atoms with E-state index in [1.54, 1.807) is 10.3 Å². The number of alkyl halides is 3. The Balaban J connectivity index is 1.77. The molecule has 1 fully saturated rings. The second kappa shape index (κ2) is 11.3. The molecule has 0 aromatic heterocycles. The standard InChI is InChI=1S/C23H24F5N5O3/c1-2-31-9-11-32(12-10-31)22(36)33(18-7-5-17(24)6-8-18)14-16-4-3-15(13-19(16)25)20(34)29-30-21(35)23(26,27)28/h3-8,13H,2,9-12,14H2,1H3,(H,29,34)(H,30,35). The van der Waals surface area contributed by atoms with E-state index in [-0.39, 0.29) is 17.7 Å². The summed E-state index contributed by atoms with van der Waals surface area (Å²) in [6.45, 7) is 4.85. The summed E-state index contributed by atoms with van der Waals surface area (Å²) in [7, 11) is 0. The number of nitrogens with one attached hydrogen (secondary N) is 2. The number of halogens is 5. The van der Waals surface area contributed by atoms with E-state index in [0.29, 0.717) is 31.9 Å². The summed E-state index contributed by atoms with van der Waals surface area (Å²) >= 11 is 0. The molecule has 13 heteroatoms. The summed E-state index contributed by atoms with van der Waals surface area (Å²) in [5, 5.41) is 0. The number of hydrazine groups is 1. The van der Waals surface area contributed by atoms with Crippen LogP contribution in [0.1, 0.15) is 22.8 Å². The first-order valence-electron chi connectivity index (χ1n) is 11.0. The zero-order chi connectivity index (χ0) is 26.5. The van der Waals surface area contributed by atoms with Crippen molar-refractivity contribution < 1.29 is 36.3 Å². The van der Waals surface area contributed by atoms with E-state index < -0.39 is 35.7 Å². The Morgan fingerprint density at radius 1 is 0.944 bits per heavy atom. The van der Waals surface area contributed by atoms with Gasteiger partial charge in [0.15, 0.2) is 0 Å². The van der Waals surface area contributed by atoms with Crippen LogP contribution in [-0.4, -0.2) is 66.5 Å². The Bertz CT molecular complexity index is 1100. The second-order valence-electron chi connectivity index (χ2n) is 7.98. The lowest BCUT2D eigenvalue weighted by atomic mass is 10.1. The number of urea groups is 1. The third-order valence-corrected chi connectivity index (χ3v) is 5.65. The first-order chi connectivity index (χ1) is 17.0. The molecule has 2 aromatic carbocycles. The van der Waals surface area contributed by atoms with Crippen LogP contribution >= 0.6 is 0 Å². The van der Waals surface area contributed by atoms with Gasteiger partial charge in [0.2, 0.25) is 0 Å². The van der Waals surface area contributed by atoms with Gasteiger partial charge in [0.1, 0.15) is 11.6 Å². The Kier molecular flexibility index (Phi) is 8.45. The molecule has 1 saturated heterocycles. The number of carbonyl (C=O) groups is 3. The minimum absolute atomic E-state index is 0.00995. The van der Waals surface area contributed by atoms with Gasteiger partial charge < -0.3 is 9.80 Å². The smallest absolute Gasteiger partial charge is 0.322 e. The largest absolute Gasteiger partial charge is 0.472 e. The van der Waals surface area contributed by atoms with Crippen molar-refractivity contribution in [3.05, 3.63) is 65.2 Å². The van der Waals surface area contributed by atoms with Crippen molar-refractivity contribution in [3.8, 4) is 0 Å². The molecule has 2 N–H and O–H groups in total. The molecule has 0 atom stereocenters. The molecular formula is C23H24F5N5O3. The molecule has 0 bridgehead atoms. The van der Waals surface area contributed by atoms with Crippen LogP contribution in [0.3, 0.4) is 0 Å². The van der Waals surface area contributed by atoms with Crippen molar-refractivity contribution in [1.29, 1.82) is 0 Å². The molecule has 3 rings (SSSR count). The average molecular weight is 513 g/mol. The number of anilines is 1. The fourth-order valence-corrected chi connectivity index (χ4v) is 3.56. The van der Waals surface area contributed by atoms with Crippen LogP contribution in [0.4, 0.5) is 32.4 Å². The van der Waals surface area contributed by atoms with E-state index in [1.165, 1.54) is 40.7 Å². The first-order valence-corrected chi connectivity index (χ1v) is 11.0. The fourth-order valence-electron chi connectivity index (χ4n) is 3.56. The van der Waals surface area contributed by atoms with E-state index in [4.69, 9.17) is 0 Å². The van der Waals surface area contributed by atoms with Crippen LogP contribution in [-0.2, 0) is 11.3 Å². The highest BCUT2D eigenvalue weighted by Crippen LogP contribution is 2.22. The predicted octanol–water partition coefficient (Wildman–Crippen LogP) is 3.05. The molecule has 0 radical (unpaired) electrons. The monoisotopic (exact) mass is 513 g/mol. The van der Waals surface area contributed by atoms with Crippen LogP contribution < -0.4 is 15.8 Å². The third-order valence-electron chi connectivity index (χ3n) is 5.65. The number of piperazine rings is 1. The number of nitrogens with zero attached hydrogens (tertiary/aromatic N) is 3. The molecule has 1 aliphatic heterocycles. The zero-order valence-corrected chi connectivity index (χ0v) is 19.2. The molecule has 0 spiro atoms. The molecule has 194 valence electrons. The van der Waals surface area contributed by atoms with Gasteiger partial charge in [-0.1, -0.05) is 13.0 Å². The molecule has 0 aliphatic carbocycles. The number of likely N-dealkylation sites (N-methyl/N-ethyl adjacent to an activating group) is 1. The van der Waals surface area contributed by atoms with Crippen molar-refractivity contribution in [2.24, 2.45) is 0 Å². The highest BCUT2D eigenvalue weighted by molar-refractivity contribution is 5.96. The van der Waals surface area contributed by atoms with Crippen LogP contribution in [0, 0.1) is 11.6 Å². The first kappa shape index (κ1) is 26.9. The Morgan fingerprint density at radius 2 is 1.58 bits per heavy atom. The third kappa shape index (κ3) is 6.68. The van der Waals surface area contributed by atoms with Crippen LogP contribution in [0.5, 0.6) is 0 Å². The average Bonchev–Trinajstić information content (AvgIpc) is 2.86. The van der Waals surface area contributed by atoms with Crippen molar-refractivity contribution in [1.82, 2.24) is 20.7 Å². The van der Waals surface area contributed by atoms with Gasteiger partial charge in [-0.3, -0.25) is 25.3 Å². The van der Waals surface area contributed by atoms with E-state index in [2.05, 4.69) is 4.90 Å². The molecule has 4 amide bonds. The van der Waals surface area contributed by atoms with Gasteiger partial charge in [-0.2, -0.15) is 13.2 Å². The molecule has 36 heavy (non-hydrogen) atoms. The molecule has 0 saturated carbocycles. The fraction of sp³-hybridized carbons (Fsp3) is 0.348. The van der Waals surface area contributed by atoms with Gasteiger partial charge in [-0.25, -0.2) is 13.6 Å². The Morgan fingerprint density at radius 3 is 2.14 bits per heavy atom. The molecule has 1 aliphatic rings. The van der Waals surface area contributed by atoms with Crippen LogP contribution in [0.25, 0.3) is 0 Å². The summed E-state index contributed by atoms with van der Waals surface area (Å²) in [6, 6.07) is 7.82. The maximum Gasteiger partial charge on any atom is 0.472 e. The predicted molar refractivity (Wildman–Crippen MR) is 120 cm³/mol. The van der Waals surface area contributed by atoms with Crippen LogP contribution in [0.2, 0.25) is 0 Å². The maximum atomic E-state index is 14.9. The summed E-state index contributed by atoms with van der Waals surface area (Å²) in [4.78, 5) is 41.2. The summed E-state index contributed by atoms with van der Waals surface area (Å²) in [5.41, 5.74) is 2.74. The second-order valence-corrected chi connectivity index (χ2v) is 7.98. The number of hydrogen-bond donors (Lipinski definition) is 2. The van der Waals surface area contributed by atoms with E-state index >= 15 is 0 Å². The Hall–Kier alpha value is -3.74. The number of rotatable bonds is 5. The van der Waals surface area contributed by atoms with Gasteiger partial charge in [0.05, 0.1) is 6.54 Å². The molecule has 0 unspecified atom stereocenters. The van der Waals surface area contributed by atoms with Gasteiger partial charge in [0.25, 0.3) is 5.91 Å². The highest BCUT2D eigenvalue weighted by atomic mass is 19.4. The SMILES string of the molecule is CCN1CCN(C(=O)N(Cc2ccc(C(=O)NNC(=O)C(F)(F)F)cc2F)c2ccc(F)cc2)CC1. The lowest BCUT2D eigenvalue weighted by Gasteiger charge is -2.37. The molecule has 1 heterocycles. The van der Waals surface area contributed by atoms with Crippen molar-refractivity contribution in [2.75, 3.05) is 37.6 Å². The van der Waals surface area contributed by atoms with Crippen molar-refractivity contribution in [3.63, 3.8) is 0 Å². The van der Waals surface area contributed by atoms with Gasteiger partial charge >= 0.3 is 18.1 Å². The minimum atomic E-state index is -5.21. The molecule has 8 nitrogen and oxygen atoms in total. The lowest BCUT2D eigenvalue weighted by Crippen LogP contribution is -2.52. The highest BCUT2D eigenvalue weighted by Gasteiger charge is 2.39. The van der Waals surface area contributed by atoms with E-state index in [1.807, 2.05) is 6.92 Å². The maximum absolute atomic E-state index is 14.9. The van der Waals surface area contributed by atoms with Gasteiger partial charge in [-0.15, -0.1) is 0 Å². The molecule has 2 aromatic rings. The van der Waals surface area contributed by atoms with Crippen LogP contribution in [0.15, 0.2) is 42.5 Å². The van der Waals surface area contributed by atoms with E-state index in [0.717, 1.165) is 18.7 Å². The minimum Gasteiger partial charge on any atom is -0.322 e. The normalized spacial score (nSPS) is 14.3. The van der Waals surface area contributed by atoms with Gasteiger partial charge in [0, 0.05) is 43.0 Å². The topological polar surface area (TPSA) is 85.0 Å². The van der Waals surface area contributed by atoms with E-state index in [9.17, 15) is 36.3 Å². The van der Waals surface area contributed by atoms with Crippen molar-refractivity contribution >= 4 is 23.5 Å². The summed E-state index contributed by atoms with van der Waals surface area (Å²) < 4.78 is 65.1. The summed E-state index contributed by atoms with van der Waals surface area (Å²) in [5.74, 6) is -4.97. The lowest BCUT2D eigenvalue weighted by molar-refractivity contribution is -0.174. The summed E-state index contributed by atoms with van der Waals surface area (Å²) in [6.07, 6.45) is -5.21. The Labute approximate surface area is 203 Å². The number of benzene rings is 2. The quantitative estimate of drug-likeness (QED) is 0.476. The number of hydrogen-bond acceptors (Lipinski definition) is 4. The molecular weight excluding hydrogens is 489 g/mol. The number of amides is 4. The van der Waals surface area contributed by atoms with Crippen molar-refractivity contribution in [2.45, 2.75) is 19.6 Å². The number of carbonyl (C=O) groups excluding carboxylic acids is 3. The van der Waals surface area contributed by atoms with Gasteiger partial charge in [-0.05, 0) is 42.9 Å². The zero-order valence-electron chi connectivity index (χ0n) is 19.2.